The first-order valence-corrected chi connectivity index (χ1v) is 17.9. The second-order valence-electron chi connectivity index (χ2n) is 12.0. The number of likely N-dealkylation sites (tertiary alicyclic amines) is 1. The van der Waals surface area contributed by atoms with Crippen LogP contribution >= 0.6 is 0 Å². The molecule has 0 saturated carbocycles. The molecule has 1 amide bonds. The van der Waals surface area contributed by atoms with Crippen LogP contribution in [0.3, 0.4) is 0 Å². The molecular weight excluding hydrogens is 601 g/mol. The fourth-order valence-corrected chi connectivity index (χ4v) is 8.38. The fourth-order valence-electron chi connectivity index (χ4n) is 6.14. The van der Waals surface area contributed by atoms with Crippen LogP contribution in [0.5, 0.6) is 0 Å². The summed E-state index contributed by atoms with van der Waals surface area (Å²) in [4.78, 5) is 17.6. The SMILES string of the molecule is CN(C)Cc1cccc(S(=O)(=O)NC(COCc2ccccc2)C(=O)N2CCC3(CC2)CN(S(C)(=O)=O)c2ccccc23)c1. The number of nitrogens with zero attached hydrogens (tertiary/aromatic N) is 3. The van der Waals surface area contributed by atoms with Crippen molar-refractivity contribution in [2.45, 2.75) is 42.3 Å². The largest absolute Gasteiger partial charge is 0.375 e. The number of sulfonamides is 2. The lowest BCUT2D eigenvalue weighted by atomic mass is 9.74. The smallest absolute Gasteiger partial charge is 0.243 e. The summed E-state index contributed by atoms with van der Waals surface area (Å²) in [5.74, 6) is -0.368. The summed E-state index contributed by atoms with van der Waals surface area (Å²) in [6.45, 7) is 1.70. The van der Waals surface area contributed by atoms with Crippen LogP contribution in [0, 0.1) is 0 Å². The molecule has 0 bridgehead atoms. The number of piperidine rings is 1. The van der Waals surface area contributed by atoms with Gasteiger partial charge in [-0.1, -0.05) is 60.7 Å². The molecule has 1 N–H and O–H groups in total. The minimum Gasteiger partial charge on any atom is -0.375 e. The third-order valence-electron chi connectivity index (χ3n) is 8.32. The molecule has 2 aliphatic heterocycles. The number of fused-ring (bicyclic) bond motifs is 2. The molecule has 10 nitrogen and oxygen atoms in total. The van der Waals surface area contributed by atoms with Crippen molar-refractivity contribution in [1.29, 1.82) is 0 Å². The molecule has 12 heteroatoms. The normalized spacial score (nSPS) is 17.2. The van der Waals surface area contributed by atoms with E-state index in [9.17, 15) is 21.6 Å². The van der Waals surface area contributed by atoms with E-state index in [1.807, 2.05) is 79.7 Å². The van der Waals surface area contributed by atoms with E-state index >= 15 is 0 Å². The number of anilines is 1. The Labute approximate surface area is 260 Å². The number of ether oxygens (including phenoxy) is 1. The summed E-state index contributed by atoms with van der Waals surface area (Å²) in [6.07, 6.45) is 2.32. The number of amides is 1. The van der Waals surface area contributed by atoms with E-state index in [0.29, 0.717) is 44.7 Å². The van der Waals surface area contributed by atoms with Gasteiger partial charge in [0.15, 0.2) is 0 Å². The molecule has 1 spiro atoms. The van der Waals surface area contributed by atoms with Crippen LogP contribution in [0.1, 0.15) is 29.5 Å². The third-order valence-corrected chi connectivity index (χ3v) is 10.9. The van der Waals surface area contributed by atoms with Crippen molar-refractivity contribution in [3.05, 3.63) is 95.6 Å². The van der Waals surface area contributed by atoms with Crippen molar-refractivity contribution >= 4 is 31.6 Å². The second-order valence-corrected chi connectivity index (χ2v) is 15.6. The molecule has 3 aromatic rings. The highest BCUT2D eigenvalue weighted by atomic mass is 32.2. The van der Waals surface area contributed by atoms with Crippen molar-refractivity contribution in [1.82, 2.24) is 14.5 Å². The minimum atomic E-state index is -4.05. The van der Waals surface area contributed by atoms with E-state index in [-0.39, 0.29) is 24.0 Å². The first-order valence-electron chi connectivity index (χ1n) is 14.6. The maximum atomic E-state index is 13.9. The molecule has 1 atom stereocenters. The van der Waals surface area contributed by atoms with E-state index < -0.39 is 31.5 Å². The Morgan fingerprint density at radius 3 is 2.27 bits per heavy atom. The Morgan fingerprint density at radius 1 is 0.932 bits per heavy atom. The predicted octanol–water partition coefficient (Wildman–Crippen LogP) is 2.95. The summed E-state index contributed by atoms with van der Waals surface area (Å²) < 4.78 is 62.3. The van der Waals surface area contributed by atoms with Crippen molar-refractivity contribution in [2.24, 2.45) is 0 Å². The minimum absolute atomic E-state index is 0.0822. The Morgan fingerprint density at radius 2 is 1.59 bits per heavy atom. The molecule has 2 heterocycles. The fraction of sp³-hybridized carbons (Fsp3) is 0.406. The quantitative estimate of drug-likeness (QED) is 0.343. The summed E-state index contributed by atoms with van der Waals surface area (Å²) in [6, 6.07) is 22.6. The van der Waals surface area contributed by atoms with Gasteiger partial charge in [0.1, 0.15) is 6.04 Å². The van der Waals surface area contributed by atoms with Crippen molar-refractivity contribution in [2.75, 3.05) is 50.9 Å². The van der Waals surface area contributed by atoms with Gasteiger partial charge in [-0.2, -0.15) is 4.72 Å². The molecule has 236 valence electrons. The average Bonchev–Trinajstić information content (AvgIpc) is 3.31. The Kier molecular flexibility index (Phi) is 9.47. The number of rotatable bonds is 11. The molecule has 1 saturated heterocycles. The zero-order valence-corrected chi connectivity index (χ0v) is 27.0. The molecule has 5 rings (SSSR count). The maximum absolute atomic E-state index is 13.9. The topological polar surface area (TPSA) is 116 Å². The first kappa shape index (κ1) is 32.1. The molecule has 1 unspecified atom stereocenters. The van der Waals surface area contributed by atoms with E-state index in [4.69, 9.17) is 4.74 Å². The molecule has 3 aromatic carbocycles. The molecule has 0 radical (unpaired) electrons. The molecule has 44 heavy (non-hydrogen) atoms. The van der Waals surface area contributed by atoms with Gasteiger partial charge >= 0.3 is 0 Å². The highest BCUT2D eigenvalue weighted by molar-refractivity contribution is 7.92. The van der Waals surface area contributed by atoms with Gasteiger partial charge in [0.05, 0.1) is 30.1 Å². The number of nitrogens with one attached hydrogen (secondary N) is 1. The van der Waals surface area contributed by atoms with Gasteiger partial charge in [-0.15, -0.1) is 0 Å². The maximum Gasteiger partial charge on any atom is 0.243 e. The van der Waals surface area contributed by atoms with Crippen LogP contribution < -0.4 is 9.03 Å². The van der Waals surface area contributed by atoms with E-state index in [1.165, 1.54) is 16.6 Å². The first-order chi connectivity index (χ1) is 20.9. The lowest BCUT2D eigenvalue weighted by Crippen LogP contribution is -2.55. The Balaban J connectivity index is 1.34. The third kappa shape index (κ3) is 7.16. The van der Waals surface area contributed by atoms with Gasteiger partial charge in [0.2, 0.25) is 26.0 Å². The van der Waals surface area contributed by atoms with Crippen LogP contribution in [0.25, 0.3) is 0 Å². The van der Waals surface area contributed by atoms with Gasteiger partial charge in [-0.05, 0) is 61.8 Å². The Hall–Kier alpha value is -3.29. The molecule has 2 aliphatic rings. The highest BCUT2D eigenvalue weighted by Gasteiger charge is 2.48. The zero-order valence-electron chi connectivity index (χ0n) is 25.3. The monoisotopic (exact) mass is 640 g/mol. The van der Waals surface area contributed by atoms with Gasteiger partial charge in [0.25, 0.3) is 0 Å². The Bertz CT molecular complexity index is 1690. The molecular formula is C32H40N4O6S2. The molecule has 0 aromatic heterocycles. The van der Waals surface area contributed by atoms with Gasteiger partial charge < -0.3 is 14.5 Å². The number of hydrogen-bond acceptors (Lipinski definition) is 7. The second kappa shape index (κ2) is 13.0. The van der Waals surface area contributed by atoms with Gasteiger partial charge in [0, 0.05) is 31.6 Å². The van der Waals surface area contributed by atoms with Gasteiger partial charge in [-0.25, -0.2) is 16.8 Å². The van der Waals surface area contributed by atoms with Crippen LogP contribution in [0.4, 0.5) is 5.69 Å². The summed E-state index contributed by atoms with van der Waals surface area (Å²) in [5, 5.41) is 0. The number of carbonyl (C=O) groups excluding carboxylic acids is 1. The van der Waals surface area contributed by atoms with Crippen LogP contribution in [0.15, 0.2) is 83.8 Å². The lowest BCUT2D eigenvalue weighted by molar-refractivity contribution is -0.136. The molecule has 1 fully saturated rings. The van der Waals surface area contributed by atoms with Crippen LogP contribution in [0.2, 0.25) is 0 Å². The summed E-state index contributed by atoms with van der Waals surface area (Å²) in [7, 11) is -3.71. The standard InChI is InChI=1S/C32H40N4O6S2/c1-34(2)21-26-12-9-13-27(20-26)44(40,41)33-29(23-42-22-25-10-5-4-6-11-25)31(37)35-18-16-32(17-19-35)24-36(43(3,38)39)30-15-8-7-14-28(30)32/h4-15,20,29,33H,16-19,21-24H2,1-3H3. The predicted molar refractivity (Wildman–Crippen MR) is 170 cm³/mol. The van der Waals surface area contributed by atoms with Crippen molar-refractivity contribution in [3.8, 4) is 0 Å². The van der Waals surface area contributed by atoms with Crippen LogP contribution in [-0.4, -0.2) is 85.2 Å². The summed E-state index contributed by atoms with van der Waals surface area (Å²) >= 11 is 0. The zero-order chi connectivity index (χ0) is 31.5. The van der Waals surface area contributed by atoms with Crippen molar-refractivity contribution in [3.63, 3.8) is 0 Å². The van der Waals surface area contributed by atoms with E-state index in [1.54, 1.807) is 17.0 Å². The van der Waals surface area contributed by atoms with Crippen LogP contribution in [-0.2, 0) is 48.1 Å². The van der Waals surface area contributed by atoms with Crippen molar-refractivity contribution < 1.29 is 26.4 Å². The molecule has 0 aliphatic carbocycles. The van der Waals surface area contributed by atoms with Gasteiger partial charge in [-0.3, -0.25) is 9.10 Å². The average molecular weight is 641 g/mol. The number of carbonyl (C=O) groups is 1. The number of hydrogen-bond donors (Lipinski definition) is 1. The van der Waals surface area contributed by atoms with E-state index in [0.717, 1.165) is 16.7 Å². The summed E-state index contributed by atoms with van der Waals surface area (Å²) in [5.41, 5.74) is 2.99. The lowest BCUT2D eigenvalue weighted by Gasteiger charge is -2.40. The highest BCUT2D eigenvalue weighted by Crippen LogP contribution is 2.47. The van der Waals surface area contributed by atoms with E-state index in [2.05, 4.69) is 4.72 Å². The number of benzene rings is 3. The number of para-hydroxylation sites is 1.